The first kappa shape index (κ1) is 12.9. The van der Waals surface area contributed by atoms with Crippen LogP contribution in [0.25, 0.3) is 5.57 Å². The normalized spacial score (nSPS) is 18.8. The molecule has 1 aromatic carbocycles. The van der Waals surface area contributed by atoms with Crippen LogP contribution in [-0.2, 0) is 19.1 Å². The molecule has 0 saturated carbocycles. The zero-order valence-corrected chi connectivity index (χ0v) is 10.2. The number of hydrogen-bond acceptors (Lipinski definition) is 4. The number of rotatable bonds is 4. The Balaban J connectivity index is 2.15. The van der Waals surface area contributed by atoms with Crippen molar-refractivity contribution in [3.05, 3.63) is 53.8 Å². The largest absolute Gasteiger partial charge is 0.478 e. The lowest BCUT2D eigenvalue weighted by Crippen LogP contribution is -2.10. The summed E-state index contributed by atoms with van der Waals surface area (Å²) < 4.78 is 10.0. The van der Waals surface area contributed by atoms with Gasteiger partial charge in [0.25, 0.3) is 6.29 Å². The van der Waals surface area contributed by atoms with Gasteiger partial charge in [-0.2, -0.15) is 0 Å². The van der Waals surface area contributed by atoms with Crippen molar-refractivity contribution in [3.8, 4) is 0 Å². The molecule has 0 radical (unpaired) electrons. The molecule has 0 aromatic heterocycles. The van der Waals surface area contributed by atoms with Crippen LogP contribution in [0.4, 0.5) is 0 Å². The summed E-state index contributed by atoms with van der Waals surface area (Å²) >= 11 is 0. The minimum absolute atomic E-state index is 0.00500. The highest BCUT2D eigenvalue weighted by atomic mass is 16.7. The standard InChI is InChI=1S/C14H12O5/c1-9-7-12(19-14(9)17)18-8-11(13(15)16)10-5-3-2-4-6-10/h2-8,12H,1H3,(H,15,16). The van der Waals surface area contributed by atoms with Crippen LogP contribution in [-0.4, -0.2) is 23.3 Å². The van der Waals surface area contributed by atoms with Gasteiger partial charge in [0.15, 0.2) is 0 Å². The van der Waals surface area contributed by atoms with Crippen LogP contribution in [0.15, 0.2) is 48.2 Å². The molecule has 5 nitrogen and oxygen atoms in total. The Morgan fingerprint density at radius 3 is 2.58 bits per heavy atom. The fourth-order valence-corrected chi connectivity index (χ4v) is 1.57. The van der Waals surface area contributed by atoms with E-state index in [1.54, 1.807) is 37.3 Å². The molecule has 0 saturated heterocycles. The second kappa shape index (κ2) is 5.39. The molecule has 5 heteroatoms. The first-order chi connectivity index (χ1) is 9.08. The highest BCUT2D eigenvalue weighted by Crippen LogP contribution is 2.18. The van der Waals surface area contributed by atoms with Crippen LogP contribution in [0.5, 0.6) is 0 Å². The number of hydrogen-bond donors (Lipinski definition) is 1. The summed E-state index contributed by atoms with van der Waals surface area (Å²) in [6.45, 7) is 1.60. The van der Waals surface area contributed by atoms with Crippen molar-refractivity contribution in [2.24, 2.45) is 0 Å². The molecule has 0 bridgehead atoms. The third-order valence-electron chi connectivity index (χ3n) is 2.57. The second-order valence-electron chi connectivity index (χ2n) is 3.96. The maximum atomic E-state index is 11.2. The Morgan fingerprint density at radius 2 is 2.05 bits per heavy atom. The molecule has 1 heterocycles. The predicted molar refractivity (Wildman–Crippen MR) is 66.8 cm³/mol. The molecule has 1 atom stereocenters. The number of ether oxygens (including phenoxy) is 2. The summed E-state index contributed by atoms with van der Waals surface area (Å²) in [5.41, 5.74) is 0.949. The fraction of sp³-hybridized carbons (Fsp3) is 0.143. The highest BCUT2D eigenvalue weighted by Gasteiger charge is 2.23. The van der Waals surface area contributed by atoms with Crippen molar-refractivity contribution in [1.29, 1.82) is 0 Å². The first-order valence-electron chi connectivity index (χ1n) is 5.61. The van der Waals surface area contributed by atoms with E-state index in [0.717, 1.165) is 6.26 Å². The lowest BCUT2D eigenvalue weighted by molar-refractivity contribution is -0.152. The average molecular weight is 260 g/mol. The average Bonchev–Trinajstić information content (AvgIpc) is 2.70. The Bertz CT molecular complexity index is 556. The van der Waals surface area contributed by atoms with Gasteiger partial charge in [-0.25, -0.2) is 9.59 Å². The molecule has 2 rings (SSSR count). The summed E-state index contributed by atoms with van der Waals surface area (Å²) in [6.07, 6.45) is 1.71. The van der Waals surface area contributed by atoms with E-state index in [0.29, 0.717) is 11.1 Å². The first-order valence-corrected chi connectivity index (χ1v) is 5.61. The van der Waals surface area contributed by atoms with E-state index in [1.807, 2.05) is 0 Å². The molecule has 1 aromatic rings. The van der Waals surface area contributed by atoms with Gasteiger partial charge < -0.3 is 14.6 Å². The highest BCUT2D eigenvalue weighted by molar-refractivity contribution is 6.15. The Kier molecular flexibility index (Phi) is 3.66. The lowest BCUT2D eigenvalue weighted by Gasteiger charge is -2.09. The molecule has 0 aliphatic carbocycles. The third kappa shape index (κ3) is 3.01. The van der Waals surface area contributed by atoms with Crippen LogP contribution < -0.4 is 0 Å². The van der Waals surface area contributed by atoms with E-state index in [2.05, 4.69) is 0 Å². The maximum Gasteiger partial charge on any atom is 0.339 e. The SMILES string of the molecule is CC1=CC(OC=C(C(=O)O)c2ccccc2)OC1=O. The third-order valence-corrected chi connectivity index (χ3v) is 2.57. The molecule has 98 valence electrons. The molecule has 1 aliphatic heterocycles. The van der Waals surface area contributed by atoms with Crippen molar-refractivity contribution >= 4 is 17.5 Å². The van der Waals surface area contributed by atoms with Crippen LogP contribution in [0, 0.1) is 0 Å². The summed E-state index contributed by atoms with van der Waals surface area (Å²) in [7, 11) is 0. The number of esters is 1. The lowest BCUT2D eigenvalue weighted by atomic mass is 10.1. The van der Waals surface area contributed by atoms with Gasteiger partial charge in [0.2, 0.25) is 0 Å². The molecular weight excluding hydrogens is 248 g/mol. The zero-order valence-electron chi connectivity index (χ0n) is 10.2. The van der Waals surface area contributed by atoms with Crippen molar-refractivity contribution in [3.63, 3.8) is 0 Å². The summed E-state index contributed by atoms with van der Waals surface area (Å²) in [5, 5.41) is 9.13. The molecule has 0 spiro atoms. The second-order valence-corrected chi connectivity index (χ2v) is 3.96. The van der Waals surface area contributed by atoms with Gasteiger partial charge in [0.1, 0.15) is 11.8 Å². The number of carbonyl (C=O) groups excluding carboxylic acids is 1. The van der Waals surface area contributed by atoms with Crippen LogP contribution in [0.3, 0.4) is 0 Å². The van der Waals surface area contributed by atoms with Crippen molar-refractivity contribution in [1.82, 2.24) is 0 Å². The van der Waals surface area contributed by atoms with Gasteiger partial charge in [-0.05, 0) is 12.5 Å². The van der Waals surface area contributed by atoms with Crippen molar-refractivity contribution in [2.45, 2.75) is 13.2 Å². The number of aliphatic carboxylic acids is 1. The minimum Gasteiger partial charge on any atom is -0.478 e. The molecule has 0 fully saturated rings. The number of benzene rings is 1. The van der Waals surface area contributed by atoms with Gasteiger partial charge in [-0.15, -0.1) is 0 Å². The number of carboxylic acids is 1. The van der Waals surface area contributed by atoms with Crippen LogP contribution >= 0.6 is 0 Å². The number of cyclic esters (lactones) is 1. The summed E-state index contributed by atoms with van der Waals surface area (Å²) in [5.74, 6) is -1.58. The Hall–Kier alpha value is -2.56. The number of carbonyl (C=O) groups is 2. The fourth-order valence-electron chi connectivity index (χ4n) is 1.57. The van der Waals surface area contributed by atoms with Crippen LogP contribution in [0.2, 0.25) is 0 Å². The smallest absolute Gasteiger partial charge is 0.339 e. The summed E-state index contributed by atoms with van der Waals surface area (Å²) in [4.78, 5) is 22.3. The van der Waals surface area contributed by atoms with E-state index in [4.69, 9.17) is 14.6 Å². The van der Waals surface area contributed by atoms with E-state index >= 15 is 0 Å². The van der Waals surface area contributed by atoms with Gasteiger partial charge in [0, 0.05) is 11.6 Å². The van der Waals surface area contributed by atoms with Crippen molar-refractivity contribution < 1.29 is 24.2 Å². The van der Waals surface area contributed by atoms with Gasteiger partial charge in [-0.1, -0.05) is 30.3 Å². The molecule has 1 unspecified atom stereocenters. The van der Waals surface area contributed by atoms with E-state index < -0.39 is 18.2 Å². The maximum absolute atomic E-state index is 11.2. The molecule has 1 aliphatic rings. The topological polar surface area (TPSA) is 72.8 Å². The van der Waals surface area contributed by atoms with Crippen molar-refractivity contribution in [2.75, 3.05) is 0 Å². The minimum atomic E-state index is -1.11. The van der Waals surface area contributed by atoms with E-state index in [-0.39, 0.29) is 5.57 Å². The van der Waals surface area contributed by atoms with Gasteiger partial charge in [0.05, 0.1) is 0 Å². The quantitative estimate of drug-likeness (QED) is 0.509. The Morgan fingerprint density at radius 1 is 1.37 bits per heavy atom. The van der Waals surface area contributed by atoms with Crippen LogP contribution in [0.1, 0.15) is 12.5 Å². The van der Waals surface area contributed by atoms with E-state index in [9.17, 15) is 9.59 Å². The summed E-state index contributed by atoms with van der Waals surface area (Å²) in [6, 6.07) is 8.56. The molecule has 1 N–H and O–H groups in total. The van der Waals surface area contributed by atoms with E-state index in [1.165, 1.54) is 6.08 Å². The predicted octanol–water partition coefficient (Wildman–Crippen LogP) is 1.96. The van der Waals surface area contributed by atoms with Gasteiger partial charge >= 0.3 is 11.9 Å². The molecule has 19 heavy (non-hydrogen) atoms. The number of carboxylic acid groups (broad SMARTS) is 1. The zero-order chi connectivity index (χ0) is 13.8. The molecular formula is C14H12O5. The van der Waals surface area contributed by atoms with Gasteiger partial charge in [-0.3, -0.25) is 0 Å². The Labute approximate surface area is 109 Å². The monoisotopic (exact) mass is 260 g/mol. The molecule has 0 amide bonds.